The largest absolute Gasteiger partial charge is 0.462 e. The molecule has 2 heterocycles. The number of halogens is 1. The molecule has 1 aliphatic rings. The normalized spacial score (nSPS) is 19.6. The molecular formula is C22H20ClN3O2. The van der Waals surface area contributed by atoms with Crippen LogP contribution in [-0.4, -0.2) is 14.5 Å². The maximum atomic E-state index is 12.5. The molecule has 0 amide bonds. The molecule has 1 aliphatic carbocycles. The van der Waals surface area contributed by atoms with Crippen LogP contribution in [0.3, 0.4) is 0 Å². The first-order valence-electron chi connectivity index (χ1n) is 9.18. The minimum Gasteiger partial charge on any atom is -0.462 e. The monoisotopic (exact) mass is 393 g/mol. The summed E-state index contributed by atoms with van der Waals surface area (Å²) in [5.41, 5.74) is 3.08. The Morgan fingerprint density at radius 2 is 2.14 bits per heavy atom. The second-order valence-electron chi connectivity index (χ2n) is 6.69. The van der Waals surface area contributed by atoms with E-state index in [-0.39, 0.29) is 5.69 Å². The summed E-state index contributed by atoms with van der Waals surface area (Å²) in [7, 11) is 0. The van der Waals surface area contributed by atoms with Gasteiger partial charge in [-0.15, -0.1) is 0 Å². The predicted molar refractivity (Wildman–Crippen MR) is 113 cm³/mol. The fourth-order valence-corrected chi connectivity index (χ4v) is 3.32. The van der Waals surface area contributed by atoms with Gasteiger partial charge in [0.1, 0.15) is 11.5 Å². The van der Waals surface area contributed by atoms with Crippen LogP contribution in [0.4, 0.5) is 0 Å². The molecule has 1 aromatic carbocycles. The van der Waals surface area contributed by atoms with Crippen molar-refractivity contribution in [2.45, 2.75) is 26.2 Å². The first-order valence-corrected chi connectivity index (χ1v) is 9.56. The number of benzene rings is 1. The Bertz CT molecular complexity index is 1170. The Balaban J connectivity index is 1.72. The molecule has 0 radical (unpaired) electrons. The molecule has 6 heteroatoms. The molecule has 28 heavy (non-hydrogen) atoms. The molecule has 0 saturated carbocycles. The van der Waals surface area contributed by atoms with Gasteiger partial charge in [-0.2, -0.15) is 0 Å². The van der Waals surface area contributed by atoms with E-state index in [1.54, 1.807) is 17.0 Å². The zero-order valence-electron chi connectivity index (χ0n) is 15.5. The standard InChI is InChI=1S/C22H20ClN3O2/c1-15-7-9-18(13-19(15)23)28-17-6-4-2-3-5-16(8-10-17)26-21-11-12-24-14-20(21)25-22(26)27/h3,5,7-14H,2,4,6H2,1H3,(H,25,27)/b5-3-,16-8+,17-10+. The van der Waals surface area contributed by atoms with Gasteiger partial charge in [-0.25, -0.2) is 4.79 Å². The highest BCUT2D eigenvalue weighted by Gasteiger charge is 2.10. The molecule has 1 N–H and O–H groups in total. The highest BCUT2D eigenvalue weighted by Crippen LogP contribution is 2.25. The van der Waals surface area contributed by atoms with Gasteiger partial charge in [0.2, 0.25) is 0 Å². The van der Waals surface area contributed by atoms with E-state index in [0.717, 1.165) is 41.8 Å². The average molecular weight is 394 g/mol. The smallest absolute Gasteiger partial charge is 0.331 e. The Morgan fingerprint density at radius 1 is 1.25 bits per heavy atom. The zero-order chi connectivity index (χ0) is 19.5. The van der Waals surface area contributed by atoms with Crippen LogP contribution in [-0.2, 0) is 0 Å². The van der Waals surface area contributed by atoms with E-state index in [1.807, 2.05) is 49.4 Å². The van der Waals surface area contributed by atoms with Gasteiger partial charge in [0.25, 0.3) is 0 Å². The van der Waals surface area contributed by atoms with Gasteiger partial charge in [-0.05, 0) is 61.8 Å². The lowest BCUT2D eigenvalue weighted by Gasteiger charge is -2.10. The molecule has 2 aromatic heterocycles. The summed E-state index contributed by atoms with van der Waals surface area (Å²) >= 11 is 6.21. The van der Waals surface area contributed by atoms with Crippen LogP contribution in [0.15, 0.2) is 71.5 Å². The van der Waals surface area contributed by atoms with Crippen molar-refractivity contribution in [2.75, 3.05) is 0 Å². The lowest BCUT2D eigenvalue weighted by Crippen LogP contribution is -2.15. The third kappa shape index (κ3) is 3.80. The summed E-state index contributed by atoms with van der Waals surface area (Å²) in [4.78, 5) is 19.4. The van der Waals surface area contributed by atoms with E-state index in [1.165, 1.54) is 0 Å². The van der Waals surface area contributed by atoms with Crippen molar-refractivity contribution in [2.24, 2.45) is 0 Å². The average Bonchev–Trinajstić information content (AvgIpc) is 3.06. The minimum absolute atomic E-state index is 0.195. The number of rotatable bonds is 3. The van der Waals surface area contributed by atoms with Gasteiger partial charge in [0.05, 0.1) is 22.9 Å². The van der Waals surface area contributed by atoms with Gasteiger partial charge < -0.3 is 9.72 Å². The second kappa shape index (κ2) is 7.90. The van der Waals surface area contributed by atoms with Crippen molar-refractivity contribution in [3.8, 4) is 5.75 Å². The van der Waals surface area contributed by atoms with Crippen LogP contribution in [0, 0.1) is 6.92 Å². The molecule has 0 spiro atoms. The highest BCUT2D eigenvalue weighted by molar-refractivity contribution is 6.31. The summed E-state index contributed by atoms with van der Waals surface area (Å²) in [5, 5.41) is 0.679. The number of aromatic nitrogens is 3. The molecular weight excluding hydrogens is 374 g/mol. The van der Waals surface area contributed by atoms with Crippen molar-refractivity contribution in [3.05, 3.63) is 87.8 Å². The maximum Gasteiger partial charge on any atom is 0.331 e. The SMILES string of the molecule is Cc1ccc(O/C2=C/C=C(n3c(=O)[nH]c4cnccc43)\C=C/CCC2)cc1Cl. The quantitative estimate of drug-likeness (QED) is 0.662. The number of H-pyrrole nitrogens is 1. The van der Waals surface area contributed by atoms with Crippen LogP contribution in [0.2, 0.25) is 5.02 Å². The number of hydrogen-bond donors (Lipinski definition) is 1. The summed E-state index contributed by atoms with van der Waals surface area (Å²) in [6, 6.07) is 7.50. The molecule has 0 saturated heterocycles. The van der Waals surface area contributed by atoms with Crippen LogP contribution >= 0.6 is 11.6 Å². The molecule has 0 fully saturated rings. The number of hydrogen-bond acceptors (Lipinski definition) is 3. The molecule has 0 unspecified atom stereocenters. The van der Waals surface area contributed by atoms with Gasteiger partial charge in [0.15, 0.2) is 0 Å². The summed E-state index contributed by atoms with van der Waals surface area (Å²) in [6.07, 6.45) is 13.9. The van der Waals surface area contributed by atoms with Gasteiger partial charge in [0, 0.05) is 17.6 Å². The number of nitrogens with one attached hydrogen (secondary N) is 1. The zero-order valence-corrected chi connectivity index (χ0v) is 16.2. The molecule has 0 aliphatic heterocycles. The van der Waals surface area contributed by atoms with Crippen molar-refractivity contribution < 1.29 is 4.74 Å². The third-order valence-electron chi connectivity index (χ3n) is 4.66. The maximum absolute atomic E-state index is 12.5. The summed E-state index contributed by atoms with van der Waals surface area (Å²) < 4.78 is 7.71. The number of ether oxygens (including phenoxy) is 1. The second-order valence-corrected chi connectivity index (χ2v) is 7.10. The van der Waals surface area contributed by atoms with E-state index < -0.39 is 0 Å². The third-order valence-corrected chi connectivity index (χ3v) is 5.06. The fraction of sp³-hybridized carbons (Fsp3) is 0.182. The first-order chi connectivity index (χ1) is 13.6. The highest BCUT2D eigenvalue weighted by atomic mass is 35.5. The van der Waals surface area contributed by atoms with Gasteiger partial charge >= 0.3 is 5.69 Å². The van der Waals surface area contributed by atoms with Crippen LogP contribution in [0.1, 0.15) is 24.8 Å². The summed E-state index contributed by atoms with van der Waals surface area (Å²) in [6.45, 7) is 1.96. The first kappa shape index (κ1) is 18.3. The molecule has 4 rings (SSSR count). The Hall–Kier alpha value is -3.05. The number of aryl methyl sites for hydroxylation is 1. The Labute approximate surface area is 167 Å². The minimum atomic E-state index is -0.195. The van der Waals surface area contributed by atoms with Crippen LogP contribution in [0.5, 0.6) is 5.75 Å². The van der Waals surface area contributed by atoms with E-state index in [4.69, 9.17) is 16.3 Å². The lowest BCUT2D eigenvalue weighted by atomic mass is 10.2. The number of nitrogens with zero attached hydrogens (tertiary/aromatic N) is 2. The molecule has 142 valence electrons. The van der Waals surface area contributed by atoms with Crippen LogP contribution < -0.4 is 10.4 Å². The number of pyridine rings is 1. The van der Waals surface area contributed by atoms with Gasteiger partial charge in [-0.1, -0.05) is 23.7 Å². The molecule has 0 bridgehead atoms. The van der Waals surface area contributed by atoms with E-state index in [9.17, 15) is 4.79 Å². The fourth-order valence-electron chi connectivity index (χ4n) is 3.15. The van der Waals surface area contributed by atoms with E-state index >= 15 is 0 Å². The number of fused-ring (bicyclic) bond motifs is 1. The predicted octanol–water partition coefficient (Wildman–Crippen LogP) is 5.23. The van der Waals surface area contributed by atoms with Crippen LogP contribution in [0.25, 0.3) is 16.7 Å². The molecule has 0 atom stereocenters. The van der Waals surface area contributed by atoms with Gasteiger partial charge in [-0.3, -0.25) is 9.55 Å². The number of aromatic amines is 1. The number of allylic oxidation sites excluding steroid dienone is 6. The topological polar surface area (TPSA) is 59.9 Å². The van der Waals surface area contributed by atoms with E-state index in [0.29, 0.717) is 16.3 Å². The Morgan fingerprint density at radius 3 is 3.00 bits per heavy atom. The number of imidazole rings is 1. The Kier molecular flexibility index (Phi) is 5.17. The van der Waals surface area contributed by atoms with Crippen molar-refractivity contribution in [3.63, 3.8) is 0 Å². The van der Waals surface area contributed by atoms with Crippen molar-refractivity contribution in [1.82, 2.24) is 14.5 Å². The van der Waals surface area contributed by atoms with Crippen molar-refractivity contribution >= 4 is 28.3 Å². The van der Waals surface area contributed by atoms with E-state index in [2.05, 4.69) is 16.0 Å². The van der Waals surface area contributed by atoms with Crippen molar-refractivity contribution in [1.29, 1.82) is 0 Å². The lowest BCUT2D eigenvalue weighted by molar-refractivity contribution is 0.400. The molecule has 5 nitrogen and oxygen atoms in total. The molecule has 3 aromatic rings. The summed E-state index contributed by atoms with van der Waals surface area (Å²) in [5.74, 6) is 1.54.